The Morgan fingerprint density at radius 1 is 0.917 bits per heavy atom. The average molecular weight is 344 g/mol. The Bertz CT molecular complexity index is 747. The molecular weight excluding hydrogens is 320 g/mol. The number of sulfonamides is 1. The lowest BCUT2D eigenvalue weighted by Gasteiger charge is -2.39. The van der Waals surface area contributed by atoms with Crippen molar-refractivity contribution in [2.24, 2.45) is 0 Å². The van der Waals surface area contributed by atoms with Crippen molar-refractivity contribution in [3.8, 4) is 0 Å². The van der Waals surface area contributed by atoms with Crippen LogP contribution in [0.3, 0.4) is 0 Å². The van der Waals surface area contributed by atoms with E-state index in [0.717, 1.165) is 31.4 Å². The fraction of sp³-hybridized carbons (Fsp3) is 0.368. The van der Waals surface area contributed by atoms with Crippen LogP contribution in [0.5, 0.6) is 0 Å². The molecule has 0 bridgehead atoms. The van der Waals surface area contributed by atoms with Gasteiger partial charge in [0.25, 0.3) is 0 Å². The summed E-state index contributed by atoms with van der Waals surface area (Å²) in [6.07, 6.45) is 4.05. The number of benzene rings is 2. The molecule has 2 aromatic rings. The van der Waals surface area contributed by atoms with Crippen LogP contribution in [0.1, 0.15) is 25.7 Å². The lowest BCUT2D eigenvalue weighted by Crippen LogP contribution is -2.52. The van der Waals surface area contributed by atoms with E-state index in [1.807, 2.05) is 24.3 Å². The Hall–Kier alpha value is -1.85. The fourth-order valence-electron chi connectivity index (χ4n) is 3.43. The van der Waals surface area contributed by atoms with Crippen molar-refractivity contribution in [3.63, 3.8) is 0 Å². The van der Waals surface area contributed by atoms with Crippen molar-refractivity contribution in [1.82, 2.24) is 4.72 Å². The zero-order valence-electron chi connectivity index (χ0n) is 13.9. The monoisotopic (exact) mass is 344 g/mol. The summed E-state index contributed by atoms with van der Waals surface area (Å²) in [5, 5.41) is 0. The molecule has 128 valence electrons. The second-order valence-electron chi connectivity index (χ2n) is 6.34. The predicted octanol–water partition coefficient (Wildman–Crippen LogP) is 3.41. The molecule has 3 rings (SSSR count). The second kappa shape index (κ2) is 7.36. The number of para-hydroxylation sites is 1. The molecule has 1 N–H and O–H groups in total. The molecule has 2 atom stereocenters. The number of nitrogens with one attached hydrogen (secondary N) is 1. The van der Waals surface area contributed by atoms with Gasteiger partial charge in [0, 0.05) is 24.8 Å². The molecule has 0 aromatic heterocycles. The molecule has 1 saturated carbocycles. The summed E-state index contributed by atoms with van der Waals surface area (Å²) in [5.74, 6) is 0. The average Bonchev–Trinajstić information content (AvgIpc) is 2.63. The van der Waals surface area contributed by atoms with Crippen LogP contribution in [-0.2, 0) is 10.0 Å². The van der Waals surface area contributed by atoms with Gasteiger partial charge < -0.3 is 4.90 Å². The topological polar surface area (TPSA) is 49.4 Å². The molecule has 1 fully saturated rings. The van der Waals surface area contributed by atoms with E-state index in [0.29, 0.717) is 4.90 Å². The highest BCUT2D eigenvalue weighted by Crippen LogP contribution is 2.27. The van der Waals surface area contributed by atoms with Crippen LogP contribution in [0.25, 0.3) is 0 Å². The normalized spacial score (nSPS) is 21.4. The zero-order valence-corrected chi connectivity index (χ0v) is 14.7. The lowest BCUT2D eigenvalue weighted by atomic mass is 9.90. The lowest BCUT2D eigenvalue weighted by molar-refractivity contribution is 0.351. The minimum Gasteiger partial charge on any atom is -0.370 e. The van der Waals surface area contributed by atoms with E-state index in [2.05, 4.69) is 28.8 Å². The van der Waals surface area contributed by atoms with Gasteiger partial charge in [-0.2, -0.15) is 0 Å². The van der Waals surface area contributed by atoms with Crippen molar-refractivity contribution in [3.05, 3.63) is 60.7 Å². The van der Waals surface area contributed by atoms with Crippen molar-refractivity contribution >= 4 is 15.7 Å². The summed E-state index contributed by atoms with van der Waals surface area (Å²) in [4.78, 5) is 2.54. The Balaban J connectivity index is 1.80. The summed E-state index contributed by atoms with van der Waals surface area (Å²) in [7, 11) is -1.43. The maximum atomic E-state index is 12.7. The van der Waals surface area contributed by atoms with Crippen molar-refractivity contribution in [2.45, 2.75) is 42.7 Å². The molecule has 0 saturated heterocycles. The van der Waals surface area contributed by atoms with Crippen LogP contribution in [0, 0.1) is 0 Å². The van der Waals surface area contributed by atoms with Crippen LogP contribution >= 0.6 is 0 Å². The number of rotatable bonds is 5. The van der Waals surface area contributed by atoms with Gasteiger partial charge in [-0.1, -0.05) is 49.2 Å². The van der Waals surface area contributed by atoms with Gasteiger partial charge in [0.05, 0.1) is 4.90 Å². The summed E-state index contributed by atoms with van der Waals surface area (Å²) in [5.41, 5.74) is 1.12. The van der Waals surface area contributed by atoms with E-state index in [9.17, 15) is 8.42 Å². The van der Waals surface area contributed by atoms with Gasteiger partial charge >= 0.3 is 0 Å². The van der Waals surface area contributed by atoms with E-state index in [4.69, 9.17) is 0 Å². The highest BCUT2D eigenvalue weighted by Gasteiger charge is 2.32. The first kappa shape index (κ1) is 17.0. The maximum Gasteiger partial charge on any atom is 0.240 e. The number of hydrogen-bond donors (Lipinski definition) is 1. The molecule has 0 heterocycles. The highest BCUT2D eigenvalue weighted by atomic mass is 32.2. The van der Waals surface area contributed by atoms with Crippen molar-refractivity contribution < 1.29 is 8.42 Å². The van der Waals surface area contributed by atoms with Crippen molar-refractivity contribution in [1.29, 1.82) is 0 Å². The van der Waals surface area contributed by atoms with Crippen LogP contribution in [0.4, 0.5) is 5.69 Å². The molecule has 2 unspecified atom stereocenters. The second-order valence-corrected chi connectivity index (χ2v) is 8.05. The van der Waals surface area contributed by atoms with Crippen molar-refractivity contribution in [2.75, 3.05) is 11.9 Å². The summed E-state index contributed by atoms with van der Waals surface area (Å²) < 4.78 is 28.3. The molecule has 0 spiro atoms. The van der Waals surface area contributed by atoms with Gasteiger partial charge in [0.15, 0.2) is 0 Å². The molecule has 1 aliphatic rings. The zero-order chi connectivity index (χ0) is 17.0. The molecule has 5 heteroatoms. The fourth-order valence-corrected chi connectivity index (χ4v) is 4.76. The van der Waals surface area contributed by atoms with Crippen LogP contribution in [0.2, 0.25) is 0 Å². The van der Waals surface area contributed by atoms with Gasteiger partial charge in [0.1, 0.15) is 0 Å². The smallest absolute Gasteiger partial charge is 0.240 e. The molecule has 24 heavy (non-hydrogen) atoms. The summed E-state index contributed by atoms with van der Waals surface area (Å²) in [6.45, 7) is 0. The van der Waals surface area contributed by atoms with E-state index >= 15 is 0 Å². The van der Waals surface area contributed by atoms with Crippen LogP contribution < -0.4 is 9.62 Å². The maximum absolute atomic E-state index is 12.7. The van der Waals surface area contributed by atoms with Gasteiger partial charge in [-0.3, -0.25) is 0 Å². The molecule has 0 radical (unpaired) electrons. The van der Waals surface area contributed by atoms with E-state index in [-0.39, 0.29) is 12.1 Å². The quantitative estimate of drug-likeness (QED) is 0.904. The Morgan fingerprint density at radius 2 is 1.50 bits per heavy atom. The van der Waals surface area contributed by atoms with E-state index in [1.54, 1.807) is 24.3 Å². The van der Waals surface area contributed by atoms with Gasteiger partial charge in [-0.05, 0) is 37.1 Å². The number of nitrogens with zero attached hydrogens (tertiary/aromatic N) is 1. The molecule has 2 aromatic carbocycles. The first-order valence-corrected chi connectivity index (χ1v) is 9.91. The molecule has 1 aliphatic carbocycles. The Morgan fingerprint density at radius 3 is 2.17 bits per heavy atom. The standard InChI is InChI=1S/C19H24N2O2S/c1-21(16-10-4-2-5-11-16)19-15-9-8-14-18(19)20-24(22,23)17-12-6-3-7-13-17/h2-7,10-13,18-20H,8-9,14-15H2,1H3. The first-order valence-electron chi connectivity index (χ1n) is 8.43. The van der Waals surface area contributed by atoms with Gasteiger partial charge in [-0.15, -0.1) is 0 Å². The molecule has 4 nitrogen and oxygen atoms in total. The molecular formula is C19H24N2O2S. The third kappa shape index (κ3) is 3.79. The third-order valence-electron chi connectivity index (χ3n) is 4.75. The Labute approximate surface area is 144 Å². The van der Waals surface area contributed by atoms with Crippen LogP contribution in [0.15, 0.2) is 65.6 Å². The van der Waals surface area contributed by atoms with E-state index in [1.165, 1.54) is 0 Å². The summed E-state index contributed by atoms with van der Waals surface area (Å²) in [6, 6.07) is 18.9. The number of anilines is 1. The SMILES string of the molecule is CN(c1ccccc1)C1CCCCC1NS(=O)(=O)c1ccccc1. The Kier molecular flexibility index (Phi) is 5.21. The highest BCUT2D eigenvalue weighted by molar-refractivity contribution is 7.89. The minimum atomic E-state index is -3.49. The molecule has 0 amide bonds. The number of hydrogen-bond acceptors (Lipinski definition) is 3. The third-order valence-corrected chi connectivity index (χ3v) is 6.26. The van der Waals surface area contributed by atoms with Gasteiger partial charge in [0.2, 0.25) is 10.0 Å². The number of likely N-dealkylation sites (N-methyl/N-ethyl adjacent to an activating group) is 1. The minimum absolute atomic E-state index is 0.0748. The largest absolute Gasteiger partial charge is 0.370 e. The predicted molar refractivity (Wildman–Crippen MR) is 97.7 cm³/mol. The summed E-state index contributed by atoms with van der Waals surface area (Å²) >= 11 is 0. The van der Waals surface area contributed by atoms with E-state index < -0.39 is 10.0 Å². The first-order chi connectivity index (χ1) is 11.6. The van der Waals surface area contributed by atoms with Crippen LogP contribution in [-0.4, -0.2) is 27.5 Å². The molecule has 0 aliphatic heterocycles. The van der Waals surface area contributed by atoms with Gasteiger partial charge in [-0.25, -0.2) is 13.1 Å².